The molecule has 1 aromatic heterocycles. The van der Waals surface area contributed by atoms with Crippen LogP contribution < -0.4 is 4.74 Å². The SMILES string of the molecule is COc1ccc(C(O)c2cc(C)sc2C)cc1F. The van der Waals surface area contributed by atoms with Crippen LogP contribution >= 0.6 is 11.3 Å². The van der Waals surface area contributed by atoms with E-state index in [0.29, 0.717) is 5.56 Å². The van der Waals surface area contributed by atoms with Gasteiger partial charge in [-0.2, -0.15) is 0 Å². The van der Waals surface area contributed by atoms with Gasteiger partial charge in [0.15, 0.2) is 11.6 Å². The molecule has 0 aliphatic heterocycles. The van der Waals surface area contributed by atoms with Gasteiger partial charge in [-0.05, 0) is 43.2 Å². The summed E-state index contributed by atoms with van der Waals surface area (Å²) in [5.41, 5.74) is 1.37. The molecule has 0 saturated heterocycles. The Kier molecular flexibility index (Phi) is 3.68. The molecule has 0 bridgehead atoms. The molecule has 1 atom stereocenters. The van der Waals surface area contributed by atoms with Gasteiger partial charge in [0.25, 0.3) is 0 Å². The van der Waals surface area contributed by atoms with Crippen molar-refractivity contribution in [2.45, 2.75) is 20.0 Å². The molecule has 1 unspecified atom stereocenters. The van der Waals surface area contributed by atoms with Gasteiger partial charge in [-0.3, -0.25) is 0 Å². The van der Waals surface area contributed by atoms with Crippen LogP contribution in [-0.2, 0) is 0 Å². The normalized spacial score (nSPS) is 12.5. The third-order valence-electron chi connectivity index (χ3n) is 2.87. The summed E-state index contributed by atoms with van der Waals surface area (Å²) in [5, 5.41) is 10.3. The zero-order chi connectivity index (χ0) is 13.3. The standard InChI is InChI=1S/C14H15FO2S/c1-8-6-11(9(2)18-8)14(16)10-4-5-13(17-3)12(15)7-10/h4-7,14,16H,1-3H3. The van der Waals surface area contributed by atoms with Crippen molar-refractivity contribution in [1.29, 1.82) is 0 Å². The number of benzene rings is 1. The number of aliphatic hydroxyl groups is 1. The minimum atomic E-state index is -0.796. The molecular formula is C14H15FO2S. The molecule has 2 rings (SSSR count). The van der Waals surface area contributed by atoms with Gasteiger partial charge in [0.1, 0.15) is 6.10 Å². The summed E-state index contributed by atoms with van der Waals surface area (Å²) in [7, 11) is 1.42. The van der Waals surface area contributed by atoms with Crippen LogP contribution in [-0.4, -0.2) is 12.2 Å². The largest absolute Gasteiger partial charge is 0.494 e. The van der Waals surface area contributed by atoms with Gasteiger partial charge in [0.05, 0.1) is 7.11 Å². The summed E-state index contributed by atoms with van der Waals surface area (Å²) >= 11 is 1.63. The van der Waals surface area contributed by atoms with Crippen molar-refractivity contribution in [2.24, 2.45) is 0 Å². The second-order valence-electron chi connectivity index (χ2n) is 4.17. The van der Waals surface area contributed by atoms with Crippen molar-refractivity contribution in [3.8, 4) is 5.75 Å². The minimum Gasteiger partial charge on any atom is -0.494 e. The summed E-state index contributed by atoms with van der Waals surface area (Å²) in [6, 6.07) is 6.46. The number of aryl methyl sites for hydroxylation is 2. The molecule has 2 aromatic rings. The molecule has 0 amide bonds. The summed E-state index contributed by atoms with van der Waals surface area (Å²) in [6.45, 7) is 3.94. The number of halogens is 1. The maximum Gasteiger partial charge on any atom is 0.165 e. The lowest BCUT2D eigenvalue weighted by Crippen LogP contribution is -2.01. The molecule has 1 aromatic carbocycles. The highest BCUT2D eigenvalue weighted by Crippen LogP contribution is 2.32. The lowest BCUT2D eigenvalue weighted by molar-refractivity contribution is 0.219. The molecule has 0 saturated carbocycles. The first-order valence-corrected chi connectivity index (χ1v) is 6.43. The molecule has 1 N–H and O–H groups in total. The first-order valence-electron chi connectivity index (χ1n) is 5.61. The Labute approximate surface area is 110 Å². The van der Waals surface area contributed by atoms with E-state index < -0.39 is 11.9 Å². The monoisotopic (exact) mass is 266 g/mol. The molecular weight excluding hydrogens is 251 g/mol. The smallest absolute Gasteiger partial charge is 0.165 e. The zero-order valence-corrected chi connectivity index (χ0v) is 11.3. The Morgan fingerprint density at radius 1 is 1.28 bits per heavy atom. The molecule has 4 heteroatoms. The third kappa shape index (κ3) is 2.40. The number of rotatable bonds is 3. The van der Waals surface area contributed by atoms with E-state index in [1.807, 2.05) is 19.9 Å². The zero-order valence-electron chi connectivity index (χ0n) is 10.5. The third-order valence-corrected chi connectivity index (χ3v) is 3.85. The van der Waals surface area contributed by atoms with Crippen LogP contribution in [0.5, 0.6) is 5.75 Å². The van der Waals surface area contributed by atoms with E-state index in [0.717, 1.165) is 15.3 Å². The highest BCUT2D eigenvalue weighted by molar-refractivity contribution is 7.12. The number of ether oxygens (including phenoxy) is 1. The number of methoxy groups -OCH3 is 1. The maximum atomic E-state index is 13.6. The van der Waals surface area contributed by atoms with Crippen LogP contribution in [0.2, 0.25) is 0 Å². The molecule has 0 radical (unpaired) electrons. The number of hydrogen-bond donors (Lipinski definition) is 1. The maximum absolute atomic E-state index is 13.6. The fraction of sp³-hybridized carbons (Fsp3) is 0.286. The predicted octanol–water partition coefficient (Wildman–Crippen LogP) is 3.59. The van der Waals surface area contributed by atoms with Crippen molar-refractivity contribution >= 4 is 11.3 Å². The average molecular weight is 266 g/mol. The molecule has 18 heavy (non-hydrogen) atoms. The Morgan fingerprint density at radius 2 is 2.00 bits per heavy atom. The van der Waals surface area contributed by atoms with Crippen LogP contribution in [0.1, 0.15) is 27.0 Å². The van der Waals surface area contributed by atoms with Gasteiger partial charge in [0.2, 0.25) is 0 Å². The van der Waals surface area contributed by atoms with Gasteiger partial charge in [-0.1, -0.05) is 6.07 Å². The van der Waals surface area contributed by atoms with Gasteiger partial charge in [0, 0.05) is 9.75 Å². The Bertz CT molecular complexity index is 563. The van der Waals surface area contributed by atoms with E-state index in [4.69, 9.17) is 4.74 Å². The van der Waals surface area contributed by atoms with E-state index in [1.54, 1.807) is 17.4 Å². The van der Waals surface area contributed by atoms with E-state index in [2.05, 4.69) is 0 Å². The Hall–Kier alpha value is -1.39. The van der Waals surface area contributed by atoms with Crippen LogP contribution in [0.25, 0.3) is 0 Å². The van der Waals surface area contributed by atoms with Crippen LogP contribution in [0, 0.1) is 19.7 Å². The Morgan fingerprint density at radius 3 is 2.50 bits per heavy atom. The van der Waals surface area contributed by atoms with E-state index in [1.165, 1.54) is 19.2 Å². The van der Waals surface area contributed by atoms with Crippen molar-refractivity contribution < 1.29 is 14.2 Å². The highest BCUT2D eigenvalue weighted by Gasteiger charge is 2.16. The summed E-state index contributed by atoms with van der Waals surface area (Å²) in [4.78, 5) is 2.19. The van der Waals surface area contributed by atoms with E-state index in [-0.39, 0.29) is 5.75 Å². The molecule has 1 heterocycles. The highest BCUT2D eigenvalue weighted by atomic mass is 32.1. The van der Waals surface area contributed by atoms with Gasteiger partial charge in [-0.25, -0.2) is 4.39 Å². The van der Waals surface area contributed by atoms with Crippen molar-refractivity contribution in [2.75, 3.05) is 7.11 Å². The van der Waals surface area contributed by atoms with Crippen molar-refractivity contribution in [3.05, 3.63) is 51.0 Å². The first kappa shape index (κ1) is 13.1. The lowest BCUT2D eigenvalue weighted by atomic mass is 10.0. The molecule has 2 nitrogen and oxygen atoms in total. The van der Waals surface area contributed by atoms with Gasteiger partial charge in [-0.15, -0.1) is 11.3 Å². The van der Waals surface area contributed by atoms with E-state index >= 15 is 0 Å². The second kappa shape index (κ2) is 5.08. The fourth-order valence-electron chi connectivity index (χ4n) is 1.95. The molecule has 0 aliphatic rings. The predicted molar refractivity (Wildman–Crippen MR) is 70.8 cm³/mol. The van der Waals surface area contributed by atoms with Crippen LogP contribution in [0.3, 0.4) is 0 Å². The Balaban J connectivity index is 2.37. The number of aliphatic hydroxyl groups excluding tert-OH is 1. The second-order valence-corrected chi connectivity index (χ2v) is 5.63. The molecule has 0 fully saturated rings. The van der Waals surface area contributed by atoms with Gasteiger partial charge >= 0.3 is 0 Å². The molecule has 0 aliphatic carbocycles. The number of hydrogen-bond acceptors (Lipinski definition) is 3. The fourth-order valence-corrected chi connectivity index (χ4v) is 2.91. The molecule has 0 spiro atoms. The van der Waals surface area contributed by atoms with Crippen molar-refractivity contribution in [1.82, 2.24) is 0 Å². The lowest BCUT2D eigenvalue weighted by Gasteiger charge is -2.12. The molecule has 96 valence electrons. The van der Waals surface area contributed by atoms with E-state index in [9.17, 15) is 9.50 Å². The summed E-state index contributed by atoms with van der Waals surface area (Å²) < 4.78 is 18.5. The quantitative estimate of drug-likeness (QED) is 0.920. The van der Waals surface area contributed by atoms with Crippen LogP contribution in [0.4, 0.5) is 4.39 Å². The average Bonchev–Trinajstić information content (AvgIpc) is 2.67. The van der Waals surface area contributed by atoms with Crippen molar-refractivity contribution in [3.63, 3.8) is 0 Å². The van der Waals surface area contributed by atoms with Crippen LogP contribution in [0.15, 0.2) is 24.3 Å². The van der Waals surface area contributed by atoms with Gasteiger partial charge < -0.3 is 9.84 Å². The minimum absolute atomic E-state index is 0.184. The summed E-state index contributed by atoms with van der Waals surface area (Å²) in [6.07, 6.45) is -0.796. The summed E-state index contributed by atoms with van der Waals surface area (Å²) in [5.74, 6) is -0.275. The first-order chi connectivity index (χ1) is 8.52. The topological polar surface area (TPSA) is 29.5 Å². The number of thiophene rings is 1.